The van der Waals surface area contributed by atoms with E-state index >= 15 is 0 Å². The average Bonchev–Trinajstić information content (AvgIpc) is 3.14. The van der Waals surface area contributed by atoms with Crippen LogP contribution < -0.4 is 4.90 Å². The summed E-state index contributed by atoms with van der Waals surface area (Å²) in [5, 5.41) is 0. The Morgan fingerprint density at radius 2 is 1.83 bits per heavy atom. The van der Waals surface area contributed by atoms with Crippen LogP contribution in [0.15, 0.2) is 48.5 Å². The number of piperazine rings is 1. The van der Waals surface area contributed by atoms with E-state index in [9.17, 15) is 9.59 Å². The maximum absolute atomic E-state index is 13.0. The molecule has 2 heterocycles. The van der Waals surface area contributed by atoms with Gasteiger partial charge in [0.1, 0.15) is 6.54 Å². The molecular weight excluding hydrogens is 362 g/mol. The van der Waals surface area contributed by atoms with Gasteiger partial charge in [-0.3, -0.25) is 9.59 Å². The molecule has 0 bridgehead atoms. The Labute approximate surface area is 172 Å². The van der Waals surface area contributed by atoms with E-state index in [0.29, 0.717) is 13.0 Å². The molecule has 0 saturated carbocycles. The SMILES string of the molecule is Cc1ccccc1C[NH+]1CCN(C(=O)c2cccc(CN3CCCC3=O)c2)CC1. The van der Waals surface area contributed by atoms with Gasteiger partial charge in [0.15, 0.2) is 0 Å². The zero-order chi connectivity index (χ0) is 20.2. The van der Waals surface area contributed by atoms with Crippen LogP contribution >= 0.6 is 0 Å². The number of rotatable bonds is 5. The molecular formula is C24H30N3O2+. The molecule has 2 saturated heterocycles. The summed E-state index contributed by atoms with van der Waals surface area (Å²) in [4.78, 5) is 30.3. The zero-order valence-corrected chi connectivity index (χ0v) is 17.2. The molecule has 2 aliphatic rings. The highest BCUT2D eigenvalue weighted by atomic mass is 16.2. The fourth-order valence-electron chi connectivity index (χ4n) is 4.36. The number of aryl methyl sites for hydroxylation is 1. The summed E-state index contributed by atoms with van der Waals surface area (Å²) < 4.78 is 0. The maximum atomic E-state index is 13.0. The van der Waals surface area contributed by atoms with Crippen molar-refractivity contribution in [1.29, 1.82) is 0 Å². The van der Waals surface area contributed by atoms with Gasteiger partial charge in [0.05, 0.1) is 26.2 Å². The molecule has 2 aliphatic heterocycles. The van der Waals surface area contributed by atoms with Crippen LogP contribution in [0.2, 0.25) is 0 Å². The Bertz CT molecular complexity index is 887. The lowest BCUT2D eigenvalue weighted by molar-refractivity contribution is -0.917. The second-order valence-corrected chi connectivity index (χ2v) is 8.26. The Balaban J connectivity index is 1.34. The maximum Gasteiger partial charge on any atom is 0.254 e. The van der Waals surface area contributed by atoms with Crippen LogP contribution in [-0.2, 0) is 17.9 Å². The van der Waals surface area contributed by atoms with Gasteiger partial charge in [-0.2, -0.15) is 0 Å². The lowest BCUT2D eigenvalue weighted by Gasteiger charge is -2.32. The Hall–Kier alpha value is -2.66. The molecule has 29 heavy (non-hydrogen) atoms. The van der Waals surface area contributed by atoms with Crippen LogP contribution in [0.25, 0.3) is 0 Å². The monoisotopic (exact) mass is 392 g/mol. The van der Waals surface area contributed by atoms with E-state index in [0.717, 1.165) is 56.8 Å². The minimum Gasteiger partial charge on any atom is -0.338 e. The quantitative estimate of drug-likeness (QED) is 0.841. The first-order valence-corrected chi connectivity index (χ1v) is 10.6. The van der Waals surface area contributed by atoms with Gasteiger partial charge in [-0.05, 0) is 36.6 Å². The highest BCUT2D eigenvalue weighted by Gasteiger charge is 2.25. The van der Waals surface area contributed by atoms with Crippen molar-refractivity contribution in [2.24, 2.45) is 0 Å². The van der Waals surface area contributed by atoms with E-state index in [1.165, 1.54) is 16.0 Å². The van der Waals surface area contributed by atoms with Crippen LogP contribution in [0.3, 0.4) is 0 Å². The summed E-state index contributed by atoms with van der Waals surface area (Å²) in [5.74, 6) is 0.323. The van der Waals surface area contributed by atoms with Gasteiger partial charge < -0.3 is 14.7 Å². The summed E-state index contributed by atoms with van der Waals surface area (Å²) >= 11 is 0. The molecule has 0 radical (unpaired) electrons. The van der Waals surface area contributed by atoms with Crippen LogP contribution in [-0.4, -0.2) is 54.3 Å². The van der Waals surface area contributed by atoms with Crippen molar-refractivity contribution in [1.82, 2.24) is 9.80 Å². The van der Waals surface area contributed by atoms with Gasteiger partial charge in [0, 0.05) is 30.6 Å². The third-order valence-electron chi connectivity index (χ3n) is 6.18. The van der Waals surface area contributed by atoms with Crippen LogP contribution in [0, 0.1) is 6.92 Å². The summed E-state index contributed by atoms with van der Waals surface area (Å²) in [6, 6.07) is 16.3. The topological polar surface area (TPSA) is 45.1 Å². The molecule has 5 nitrogen and oxygen atoms in total. The molecule has 0 unspecified atom stereocenters. The first-order chi connectivity index (χ1) is 14.1. The van der Waals surface area contributed by atoms with Crippen LogP contribution in [0.1, 0.15) is 39.9 Å². The van der Waals surface area contributed by atoms with Gasteiger partial charge in [-0.1, -0.05) is 36.4 Å². The molecule has 2 aromatic rings. The van der Waals surface area contributed by atoms with E-state index in [-0.39, 0.29) is 11.8 Å². The van der Waals surface area contributed by atoms with Crippen molar-refractivity contribution in [2.45, 2.75) is 32.9 Å². The molecule has 2 fully saturated rings. The van der Waals surface area contributed by atoms with E-state index in [2.05, 4.69) is 31.2 Å². The number of nitrogens with one attached hydrogen (secondary N) is 1. The number of amides is 2. The predicted molar refractivity (Wildman–Crippen MR) is 113 cm³/mol. The van der Waals surface area contributed by atoms with E-state index in [1.54, 1.807) is 0 Å². The number of benzene rings is 2. The number of hydrogen-bond acceptors (Lipinski definition) is 2. The lowest BCUT2D eigenvalue weighted by atomic mass is 10.1. The largest absolute Gasteiger partial charge is 0.338 e. The molecule has 1 N–H and O–H groups in total. The number of carbonyl (C=O) groups is 2. The molecule has 0 spiro atoms. The van der Waals surface area contributed by atoms with Crippen molar-refractivity contribution >= 4 is 11.8 Å². The number of hydrogen-bond donors (Lipinski definition) is 1. The first kappa shape index (κ1) is 19.6. The lowest BCUT2D eigenvalue weighted by Crippen LogP contribution is -3.13. The Morgan fingerprint density at radius 3 is 2.55 bits per heavy atom. The Morgan fingerprint density at radius 1 is 1.03 bits per heavy atom. The minimum absolute atomic E-state index is 0.106. The third-order valence-corrected chi connectivity index (χ3v) is 6.18. The fraction of sp³-hybridized carbons (Fsp3) is 0.417. The molecule has 2 aromatic carbocycles. The number of carbonyl (C=O) groups excluding carboxylic acids is 2. The zero-order valence-electron chi connectivity index (χ0n) is 17.2. The summed E-state index contributed by atoms with van der Waals surface area (Å²) in [6.07, 6.45) is 1.58. The first-order valence-electron chi connectivity index (χ1n) is 10.6. The van der Waals surface area contributed by atoms with Gasteiger partial charge in [-0.25, -0.2) is 0 Å². The van der Waals surface area contributed by atoms with Gasteiger partial charge in [0.2, 0.25) is 5.91 Å². The van der Waals surface area contributed by atoms with Gasteiger partial charge in [0.25, 0.3) is 5.91 Å². The number of nitrogens with zero attached hydrogens (tertiary/aromatic N) is 2. The molecule has 2 amide bonds. The number of likely N-dealkylation sites (tertiary alicyclic amines) is 1. The van der Waals surface area contributed by atoms with Gasteiger partial charge >= 0.3 is 0 Å². The smallest absolute Gasteiger partial charge is 0.254 e. The van der Waals surface area contributed by atoms with Crippen LogP contribution in [0.5, 0.6) is 0 Å². The van der Waals surface area contributed by atoms with E-state index in [4.69, 9.17) is 0 Å². The minimum atomic E-state index is 0.106. The van der Waals surface area contributed by atoms with Gasteiger partial charge in [-0.15, -0.1) is 0 Å². The molecule has 5 heteroatoms. The number of quaternary nitrogens is 1. The molecule has 0 atom stereocenters. The second-order valence-electron chi connectivity index (χ2n) is 8.26. The summed E-state index contributed by atoms with van der Waals surface area (Å²) in [7, 11) is 0. The van der Waals surface area contributed by atoms with Crippen LogP contribution in [0.4, 0.5) is 0 Å². The third kappa shape index (κ3) is 4.67. The average molecular weight is 393 g/mol. The molecule has 0 aliphatic carbocycles. The van der Waals surface area contributed by atoms with Crippen molar-refractivity contribution in [3.63, 3.8) is 0 Å². The van der Waals surface area contributed by atoms with E-state index in [1.807, 2.05) is 34.1 Å². The predicted octanol–water partition coefficient (Wildman–Crippen LogP) is 1.66. The van der Waals surface area contributed by atoms with E-state index < -0.39 is 0 Å². The summed E-state index contributed by atoms with van der Waals surface area (Å²) in [5.41, 5.74) is 4.50. The highest BCUT2D eigenvalue weighted by molar-refractivity contribution is 5.94. The molecule has 152 valence electrons. The summed E-state index contributed by atoms with van der Waals surface area (Å²) in [6.45, 7) is 8.14. The van der Waals surface area contributed by atoms with Crippen molar-refractivity contribution < 1.29 is 14.5 Å². The fourth-order valence-corrected chi connectivity index (χ4v) is 4.36. The van der Waals surface area contributed by atoms with Crippen molar-refractivity contribution in [3.05, 3.63) is 70.8 Å². The van der Waals surface area contributed by atoms with Crippen molar-refractivity contribution in [3.8, 4) is 0 Å². The second kappa shape index (κ2) is 8.78. The molecule has 4 rings (SSSR count). The highest BCUT2D eigenvalue weighted by Crippen LogP contribution is 2.16. The normalized spacial score (nSPS) is 17.8. The molecule has 0 aromatic heterocycles. The standard InChI is InChI=1S/C24H29N3O2/c1-19-6-2-3-8-22(19)18-25-12-14-26(15-13-25)24(29)21-9-4-7-20(16-21)17-27-11-5-10-23(27)28/h2-4,6-9,16H,5,10-15,17-18H2,1H3/p+1. The Kier molecular flexibility index (Phi) is 5.95. The van der Waals surface area contributed by atoms with Crippen molar-refractivity contribution in [2.75, 3.05) is 32.7 Å².